The first-order chi connectivity index (χ1) is 15.0. The Morgan fingerprint density at radius 3 is 2.42 bits per heavy atom. The van der Waals surface area contributed by atoms with E-state index in [9.17, 15) is 18.8 Å². The maximum atomic E-state index is 13.1. The summed E-state index contributed by atoms with van der Waals surface area (Å²) < 4.78 is 18.6. The molecule has 8 heteroatoms. The number of fused-ring (bicyclic) bond motifs is 1. The van der Waals surface area contributed by atoms with Crippen LogP contribution in [0.5, 0.6) is 5.75 Å². The average Bonchev–Trinajstić information content (AvgIpc) is 2.80. The molecule has 0 saturated carbocycles. The Morgan fingerprint density at radius 1 is 1.03 bits per heavy atom. The number of amides is 2. The lowest BCUT2D eigenvalue weighted by Crippen LogP contribution is -2.53. The molecule has 0 N–H and O–H groups in total. The molecule has 2 aromatic rings. The number of hydrogen-bond acceptors (Lipinski definition) is 5. The Labute approximate surface area is 180 Å². The summed E-state index contributed by atoms with van der Waals surface area (Å²) in [5, 5.41) is 0. The summed E-state index contributed by atoms with van der Waals surface area (Å²) in [5.41, 5.74) is 1.86. The number of Topliss-reactive ketones (excluding diaryl/α,β-unsaturated/α-hetero) is 1. The first-order valence-electron chi connectivity index (χ1n) is 10.3. The number of nitrogens with zero attached hydrogens (tertiary/aromatic N) is 3. The van der Waals surface area contributed by atoms with Gasteiger partial charge in [0.25, 0.3) is 5.91 Å². The fourth-order valence-electron chi connectivity index (χ4n) is 3.85. The van der Waals surface area contributed by atoms with Crippen molar-refractivity contribution in [3.63, 3.8) is 0 Å². The van der Waals surface area contributed by atoms with E-state index in [-0.39, 0.29) is 36.6 Å². The maximum Gasteiger partial charge on any atom is 0.265 e. The molecule has 2 aromatic carbocycles. The second kappa shape index (κ2) is 8.75. The molecule has 2 heterocycles. The second-order valence-electron chi connectivity index (χ2n) is 7.57. The van der Waals surface area contributed by atoms with Gasteiger partial charge in [0.05, 0.1) is 5.69 Å². The summed E-state index contributed by atoms with van der Waals surface area (Å²) in [5.74, 6) is -0.305. The van der Waals surface area contributed by atoms with Crippen LogP contribution in [0.25, 0.3) is 0 Å². The molecule has 0 radical (unpaired) electrons. The van der Waals surface area contributed by atoms with Crippen molar-refractivity contribution < 1.29 is 23.5 Å². The van der Waals surface area contributed by atoms with E-state index in [0.717, 1.165) is 5.69 Å². The molecule has 7 nitrogen and oxygen atoms in total. The average molecular weight is 425 g/mol. The number of ketones is 1. The summed E-state index contributed by atoms with van der Waals surface area (Å²) in [6, 6.07) is 11.3. The Hall–Kier alpha value is -3.42. The van der Waals surface area contributed by atoms with Crippen LogP contribution in [0.4, 0.5) is 15.8 Å². The lowest BCUT2D eigenvalue weighted by atomic mass is 10.1. The maximum absolute atomic E-state index is 13.1. The largest absolute Gasteiger partial charge is 0.482 e. The first kappa shape index (κ1) is 20.8. The van der Waals surface area contributed by atoms with Crippen LogP contribution in [0, 0.1) is 5.82 Å². The van der Waals surface area contributed by atoms with Crippen molar-refractivity contribution in [1.29, 1.82) is 0 Å². The van der Waals surface area contributed by atoms with Crippen molar-refractivity contribution in [1.82, 2.24) is 4.90 Å². The molecular formula is C23H24FN3O4. The molecule has 1 fully saturated rings. The van der Waals surface area contributed by atoms with Crippen LogP contribution < -0.4 is 14.5 Å². The van der Waals surface area contributed by atoms with Crippen LogP contribution in [0.2, 0.25) is 0 Å². The van der Waals surface area contributed by atoms with Gasteiger partial charge in [0.1, 0.15) is 18.1 Å². The fourth-order valence-corrected chi connectivity index (χ4v) is 3.85. The van der Waals surface area contributed by atoms with Crippen molar-refractivity contribution >= 4 is 29.0 Å². The van der Waals surface area contributed by atoms with Crippen molar-refractivity contribution in [3.8, 4) is 5.75 Å². The molecule has 2 aliphatic heterocycles. The standard InChI is InChI=1S/C23H24FN3O4/c1-2-20(28)16-3-8-21-19(13-16)27(23(30)15-31-21)14-22(29)26-11-9-25(10-12-26)18-6-4-17(24)5-7-18/h3-8,13H,2,9-12,14-15H2,1H3. The highest BCUT2D eigenvalue weighted by Crippen LogP contribution is 2.33. The third-order valence-electron chi connectivity index (χ3n) is 5.66. The van der Waals surface area contributed by atoms with Crippen molar-refractivity contribution in [3.05, 3.63) is 53.8 Å². The number of carbonyl (C=O) groups is 3. The molecule has 2 aliphatic rings. The predicted molar refractivity (Wildman–Crippen MR) is 114 cm³/mol. The van der Waals surface area contributed by atoms with E-state index in [1.807, 2.05) is 0 Å². The minimum absolute atomic E-state index is 0.0379. The SMILES string of the molecule is CCC(=O)c1ccc2c(c1)N(CC(=O)N1CCN(c3ccc(F)cc3)CC1)C(=O)CO2. The van der Waals surface area contributed by atoms with Crippen LogP contribution in [-0.2, 0) is 9.59 Å². The normalized spacial score (nSPS) is 16.1. The lowest BCUT2D eigenvalue weighted by molar-refractivity contribution is -0.132. The number of ether oxygens (including phenoxy) is 1. The van der Waals surface area contributed by atoms with Gasteiger partial charge in [-0.3, -0.25) is 19.3 Å². The summed E-state index contributed by atoms with van der Waals surface area (Å²) in [6.07, 6.45) is 0.352. The van der Waals surface area contributed by atoms with Gasteiger partial charge < -0.3 is 14.5 Å². The molecule has 0 aromatic heterocycles. The van der Waals surface area contributed by atoms with Gasteiger partial charge in [0, 0.05) is 43.9 Å². The Balaban J connectivity index is 1.44. The Bertz CT molecular complexity index is 1000. The van der Waals surface area contributed by atoms with Crippen LogP contribution in [-0.4, -0.2) is 61.8 Å². The summed E-state index contributed by atoms with van der Waals surface area (Å²) >= 11 is 0. The first-order valence-corrected chi connectivity index (χ1v) is 10.3. The number of hydrogen-bond donors (Lipinski definition) is 0. The van der Waals surface area contributed by atoms with Gasteiger partial charge in [-0.2, -0.15) is 0 Å². The molecule has 0 atom stereocenters. The van der Waals surface area contributed by atoms with Crippen LogP contribution in [0.15, 0.2) is 42.5 Å². The van der Waals surface area contributed by atoms with Gasteiger partial charge in [-0.05, 0) is 42.5 Å². The van der Waals surface area contributed by atoms with Crippen LogP contribution >= 0.6 is 0 Å². The second-order valence-corrected chi connectivity index (χ2v) is 7.57. The number of piperazine rings is 1. The van der Waals surface area contributed by atoms with Crippen molar-refractivity contribution in [2.45, 2.75) is 13.3 Å². The van der Waals surface area contributed by atoms with E-state index in [1.165, 1.54) is 17.0 Å². The lowest BCUT2D eigenvalue weighted by Gasteiger charge is -2.37. The summed E-state index contributed by atoms with van der Waals surface area (Å²) in [7, 11) is 0. The van der Waals surface area contributed by atoms with Gasteiger partial charge in [-0.1, -0.05) is 6.92 Å². The summed E-state index contributed by atoms with van der Waals surface area (Å²) in [6.45, 7) is 3.80. The molecule has 2 amide bonds. The number of rotatable bonds is 5. The number of halogens is 1. The number of anilines is 2. The quantitative estimate of drug-likeness (QED) is 0.689. The third kappa shape index (κ3) is 4.38. The van der Waals surface area contributed by atoms with Gasteiger partial charge in [0.2, 0.25) is 5.91 Å². The predicted octanol–water partition coefficient (Wildman–Crippen LogP) is 2.49. The topological polar surface area (TPSA) is 70.2 Å². The zero-order valence-corrected chi connectivity index (χ0v) is 17.3. The van der Waals surface area contributed by atoms with Gasteiger partial charge in [-0.25, -0.2) is 4.39 Å². The highest BCUT2D eigenvalue weighted by molar-refractivity contribution is 6.04. The minimum atomic E-state index is -0.313. The highest BCUT2D eigenvalue weighted by Gasteiger charge is 2.30. The zero-order valence-electron chi connectivity index (χ0n) is 17.3. The molecular weight excluding hydrogens is 401 g/mol. The number of carbonyl (C=O) groups excluding carboxylic acids is 3. The molecule has 0 spiro atoms. The van der Waals surface area contributed by atoms with E-state index >= 15 is 0 Å². The van der Waals surface area contributed by atoms with Crippen molar-refractivity contribution in [2.24, 2.45) is 0 Å². The molecule has 0 unspecified atom stereocenters. The van der Waals surface area contributed by atoms with E-state index in [0.29, 0.717) is 49.6 Å². The van der Waals surface area contributed by atoms with Gasteiger partial charge >= 0.3 is 0 Å². The molecule has 162 valence electrons. The van der Waals surface area contributed by atoms with Crippen LogP contribution in [0.3, 0.4) is 0 Å². The highest BCUT2D eigenvalue weighted by atomic mass is 19.1. The Kier molecular flexibility index (Phi) is 5.88. The zero-order chi connectivity index (χ0) is 22.0. The van der Waals surface area contributed by atoms with E-state index < -0.39 is 0 Å². The van der Waals surface area contributed by atoms with Gasteiger partial charge in [0.15, 0.2) is 12.4 Å². The van der Waals surface area contributed by atoms with Crippen molar-refractivity contribution in [2.75, 3.05) is 49.1 Å². The minimum Gasteiger partial charge on any atom is -0.482 e. The molecule has 31 heavy (non-hydrogen) atoms. The molecule has 0 aliphatic carbocycles. The third-order valence-corrected chi connectivity index (χ3v) is 5.66. The monoisotopic (exact) mass is 425 g/mol. The molecule has 1 saturated heterocycles. The number of benzene rings is 2. The van der Waals surface area contributed by atoms with E-state index in [4.69, 9.17) is 4.74 Å². The fraction of sp³-hybridized carbons (Fsp3) is 0.348. The molecule has 4 rings (SSSR count). The van der Waals surface area contributed by atoms with Crippen LogP contribution in [0.1, 0.15) is 23.7 Å². The molecule has 0 bridgehead atoms. The smallest absolute Gasteiger partial charge is 0.265 e. The Morgan fingerprint density at radius 2 is 1.74 bits per heavy atom. The van der Waals surface area contributed by atoms with Gasteiger partial charge in [-0.15, -0.1) is 0 Å². The summed E-state index contributed by atoms with van der Waals surface area (Å²) in [4.78, 5) is 42.7. The van der Waals surface area contributed by atoms with E-state index in [2.05, 4.69) is 4.90 Å². The van der Waals surface area contributed by atoms with E-state index in [1.54, 1.807) is 42.2 Å².